The second kappa shape index (κ2) is 8.92. The Morgan fingerprint density at radius 1 is 0.429 bits per heavy atom. The summed E-state index contributed by atoms with van der Waals surface area (Å²) >= 11 is 0. The summed E-state index contributed by atoms with van der Waals surface area (Å²) in [6.45, 7) is 0. The number of rotatable bonds is 3. The van der Waals surface area contributed by atoms with Gasteiger partial charge in [0.15, 0.2) is 0 Å². The van der Waals surface area contributed by atoms with Gasteiger partial charge < -0.3 is 4.57 Å². The van der Waals surface area contributed by atoms with E-state index >= 15 is 0 Å². The third-order valence-corrected chi connectivity index (χ3v) is 8.55. The minimum atomic E-state index is 0.968. The molecule has 0 bridgehead atoms. The topological polar surface area (TPSA) is 22.8 Å². The molecule has 0 radical (unpaired) electrons. The van der Waals surface area contributed by atoms with Gasteiger partial charge in [0.05, 0.1) is 16.6 Å². The third kappa shape index (κ3) is 3.31. The molecule has 0 amide bonds. The highest BCUT2D eigenvalue weighted by Gasteiger charge is 2.19. The Balaban J connectivity index is 1.35. The summed E-state index contributed by atoms with van der Waals surface area (Å²) in [5, 5.41) is 7.37. The lowest BCUT2D eigenvalue weighted by Crippen LogP contribution is -1.95. The van der Waals surface area contributed by atoms with E-state index in [1.807, 2.05) is 6.20 Å². The van der Waals surface area contributed by atoms with Crippen molar-refractivity contribution in [3.05, 3.63) is 152 Å². The van der Waals surface area contributed by atoms with E-state index in [0.29, 0.717) is 0 Å². The fourth-order valence-corrected chi connectivity index (χ4v) is 6.69. The molecule has 42 heavy (non-hydrogen) atoms. The van der Waals surface area contributed by atoms with E-state index in [1.165, 1.54) is 54.5 Å². The van der Waals surface area contributed by atoms with Crippen LogP contribution in [0.4, 0.5) is 0 Å². The van der Waals surface area contributed by atoms with Crippen LogP contribution < -0.4 is 0 Å². The van der Waals surface area contributed by atoms with Gasteiger partial charge in [-0.15, -0.1) is 0 Å². The van der Waals surface area contributed by atoms with Gasteiger partial charge in [0.1, 0.15) is 5.65 Å². The third-order valence-electron chi connectivity index (χ3n) is 8.55. The van der Waals surface area contributed by atoms with Crippen LogP contribution in [-0.4, -0.2) is 14.1 Å². The smallest absolute Gasteiger partial charge is 0.146 e. The van der Waals surface area contributed by atoms with Crippen LogP contribution in [0.25, 0.3) is 77.0 Å². The van der Waals surface area contributed by atoms with Gasteiger partial charge in [-0.3, -0.25) is 4.57 Å². The first-order chi connectivity index (χ1) is 20.8. The fourth-order valence-electron chi connectivity index (χ4n) is 6.69. The maximum Gasteiger partial charge on any atom is 0.146 e. The molecule has 9 aromatic rings. The Morgan fingerprint density at radius 3 is 1.98 bits per heavy atom. The van der Waals surface area contributed by atoms with Gasteiger partial charge in [-0.1, -0.05) is 97.1 Å². The SMILES string of the molecule is c1ccc(-n2c3ccccc3c3c(-c4ccc5c6ccccc6n(-c6ccc7ccccc7c6)c5c4)ccnc32)cc1. The maximum absolute atomic E-state index is 4.93. The first-order valence-electron chi connectivity index (χ1n) is 14.3. The molecule has 0 aliphatic heterocycles. The van der Waals surface area contributed by atoms with Crippen molar-refractivity contribution in [2.75, 3.05) is 0 Å². The van der Waals surface area contributed by atoms with Crippen molar-refractivity contribution in [2.45, 2.75) is 0 Å². The number of aromatic nitrogens is 3. The highest BCUT2D eigenvalue weighted by atomic mass is 15.0. The van der Waals surface area contributed by atoms with Crippen molar-refractivity contribution in [3.8, 4) is 22.5 Å². The Morgan fingerprint density at radius 2 is 1.12 bits per heavy atom. The van der Waals surface area contributed by atoms with Crippen molar-refractivity contribution in [3.63, 3.8) is 0 Å². The van der Waals surface area contributed by atoms with Crippen LogP contribution in [0.2, 0.25) is 0 Å². The second-order valence-electron chi connectivity index (χ2n) is 10.9. The zero-order valence-electron chi connectivity index (χ0n) is 22.8. The zero-order valence-corrected chi connectivity index (χ0v) is 22.8. The van der Waals surface area contributed by atoms with E-state index in [4.69, 9.17) is 4.98 Å². The van der Waals surface area contributed by atoms with Crippen LogP contribution in [0, 0.1) is 0 Å². The summed E-state index contributed by atoms with van der Waals surface area (Å²) in [4.78, 5) is 4.93. The first-order valence-corrected chi connectivity index (χ1v) is 14.3. The van der Waals surface area contributed by atoms with Gasteiger partial charge in [-0.25, -0.2) is 4.98 Å². The number of pyridine rings is 1. The van der Waals surface area contributed by atoms with Crippen LogP contribution in [0.3, 0.4) is 0 Å². The molecular weight excluding hydrogens is 510 g/mol. The summed E-state index contributed by atoms with van der Waals surface area (Å²) in [7, 11) is 0. The van der Waals surface area contributed by atoms with Gasteiger partial charge >= 0.3 is 0 Å². The molecule has 0 saturated heterocycles. The molecule has 0 unspecified atom stereocenters. The molecule has 9 rings (SSSR count). The molecule has 0 aliphatic carbocycles. The zero-order chi connectivity index (χ0) is 27.6. The number of benzene rings is 6. The molecule has 3 heterocycles. The van der Waals surface area contributed by atoms with Gasteiger partial charge in [0.2, 0.25) is 0 Å². The summed E-state index contributed by atoms with van der Waals surface area (Å²) in [6.07, 6.45) is 1.94. The summed E-state index contributed by atoms with van der Waals surface area (Å²) in [6, 6.07) is 52.2. The highest BCUT2D eigenvalue weighted by Crippen LogP contribution is 2.40. The Bertz CT molecular complexity index is 2460. The van der Waals surface area contributed by atoms with E-state index in [9.17, 15) is 0 Å². The van der Waals surface area contributed by atoms with Crippen molar-refractivity contribution < 1.29 is 0 Å². The standard InChI is InChI=1S/C39H25N3/c1-2-12-29(13-3-1)42-36-17-9-7-15-34(36)38-31(22-23-40-39(38)42)28-19-21-33-32-14-6-8-16-35(32)41(37(33)25-28)30-20-18-26-10-4-5-11-27(26)24-30/h1-25H. The van der Waals surface area contributed by atoms with Crippen LogP contribution in [0.1, 0.15) is 0 Å². The van der Waals surface area contributed by atoms with E-state index in [0.717, 1.165) is 22.5 Å². The lowest BCUT2D eigenvalue weighted by molar-refractivity contribution is 1.14. The summed E-state index contributed by atoms with van der Waals surface area (Å²) in [5.41, 5.74) is 9.16. The number of fused-ring (bicyclic) bond motifs is 7. The molecule has 196 valence electrons. The van der Waals surface area contributed by atoms with Crippen LogP contribution in [0.5, 0.6) is 0 Å². The Kier molecular flexibility index (Phi) is 4.90. The molecule has 0 fully saturated rings. The summed E-state index contributed by atoms with van der Waals surface area (Å²) < 4.78 is 4.69. The number of para-hydroxylation sites is 3. The van der Waals surface area contributed by atoms with Crippen molar-refractivity contribution in [1.82, 2.24) is 14.1 Å². The molecule has 0 atom stereocenters. The Hall–Kier alpha value is -5.67. The van der Waals surface area contributed by atoms with Crippen LogP contribution in [0.15, 0.2) is 152 Å². The normalized spacial score (nSPS) is 11.8. The van der Waals surface area contributed by atoms with Gasteiger partial charge in [0, 0.05) is 39.1 Å². The van der Waals surface area contributed by atoms with Crippen LogP contribution >= 0.6 is 0 Å². The van der Waals surface area contributed by atoms with E-state index in [2.05, 4.69) is 155 Å². The summed E-state index contributed by atoms with van der Waals surface area (Å²) in [5.74, 6) is 0. The highest BCUT2D eigenvalue weighted by molar-refractivity contribution is 6.16. The minimum absolute atomic E-state index is 0.968. The first kappa shape index (κ1) is 23.1. The number of hydrogen-bond donors (Lipinski definition) is 0. The van der Waals surface area contributed by atoms with E-state index in [-0.39, 0.29) is 0 Å². The van der Waals surface area contributed by atoms with Gasteiger partial charge in [0.25, 0.3) is 0 Å². The minimum Gasteiger partial charge on any atom is -0.309 e. The lowest BCUT2D eigenvalue weighted by atomic mass is 10.00. The molecule has 3 heteroatoms. The molecule has 0 aliphatic rings. The molecular formula is C39H25N3. The van der Waals surface area contributed by atoms with E-state index in [1.54, 1.807) is 0 Å². The monoisotopic (exact) mass is 535 g/mol. The molecule has 0 spiro atoms. The average molecular weight is 536 g/mol. The second-order valence-corrected chi connectivity index (χ2v) is 10.9. The van der Waals surface area contributed by atoms with Crippen molar-refractivity contribution in [1.29, 1.82) is 0 Å². The predicted octanol–water partition coefficient (Wildman–Crippen LogP) is 10.1. The molecule has 3 aromatic heterocycles. The van der Waals surface area contributed by atoms with Crippen molar-refractivity contribution in [2.24, 2.45) is 0 Å². The fraction of sp³-hybridized carbons (Fsp3) is 0. The molecule has 0 saturated carbocycles. The lowest BCUT2D eigenvalue weighted by Gasteiger charge is -2.11. The largest absolute Gasteiger partial charge is 0.309 e. The average Bonchev–Trinajstić information content (AvgIpc) is 3.57. The molecule has 6 aromatic carbocycles. The number of hydrogen-bond acceptors (Lipinski definition) is 1. The molecule has 0 N–H and O–H groups in total. The van der Waals surface area contributed by atoms with Gasteiger partial charge in [-0.05, 0) is 70.4 Å². The van der Waals surface area contributed by atoms with E-state index < -0.39 is 0 Å². The Labute approximate surface area is 242 Å². The van der Waals surface area contributed by atoms with Crippen molar-refractivity contribution >= 4 is 54.5 Å². The number of nitrogens with zero attached hydrogens (tertiary/aromatic N) is 3. The molecule has 3 nitrogen and oxygen atoms in total. The quantitative estimate of drug-likeness (QED) is 0.221. The maximum atomic E-state index is 4.93. The van der Waals surface area contributed by atoms with Gasteiger partial charge in [-0.2, -0.15) is 0 Å². The predicted molar refractivity (Wildman–Crippen MR) is 176 cm³/mol. The van der Waals surface area contributed by atoms with Crippen LogP contribution in [-0.2, 0) is 0 Å².